The highest BCUT2D eigenvalue weighted by Gasteiger charge is 2.56. The van der Waals surface area contributed by atoms with Crippen LogP contribution in [-0.2, 0) is 0 Å². The van der Waals surface area contributed by atoms with Gasteiger partial charge in [0, 0.05) is 0 Å². The second-order valence-electron chi connectivity index (χ2n) is 9.52. The van der Waals surface area contributed by atoms with Gasteiger partial charge in [-0.1, -0.05) is 71.6 Å². The van der Waals surface area contributed by atoms with Crippen LogP contribution in [0.2, 0.25) is 17.5 Å². The van der Waals surface area contributed by atoms with Crippen LogP contribution in [0.1, 0.15) is 72.1 Å². The number of hydrogen-bond acceptors (Lipinski definition) is 0. The van der Waals surface area contributed by atoms with E-state index in [2.05, 4.69) is 20.8 Å². The van der Waals surface area contributed by atoms with Gasteiger partial charge in [0.2, 0.25) is 0 Å². The maximum absolute atomic E-state index is 2.64. The van der Waals surface area contributed by atoms with E-state index in [1.165, 1.54) is 17.5 Å². The minimum absolute atomic E-state index is 0.183. The lowest BCUT2D eigenvalue weighted by molar-refractivity contribution is -0.0998. The molecule has 0 aromatic heterocycles. The third-order valence-electron chi connectivity index (χ3n) is 8.90. The van der Waals surface area contributed by atoms with Crippen molar-refractivity contribution in [3.05, 3.63) is 0 Å². The first-order valence-corrected chi connectivity index (χ1v) is 9.31. The summed E-state index contributed by atoms with van der Waals surface area (Å²) < 4.78 is 0. The minimum atomic E-state index is 0.183. The fraction of sp³-hybridized carbons (Fsp3) is 1.00. The minimum Gasteiger partial charge on any atom is -0.169 e. The molecule has 2 aliphatic heterocycles. The summed E-state index contributed by atoms with van der Waals surface area (Å²) >= 11 is 0. The average Bonchev–Trinajstić information content (AvgIpc) is 2.37. The van der Waals surface area contributed by atoms with E-state index in [-0.39, 0.29) is 6.71 Å². The Hall–Kier alpha value is 0.0649. The van der Waals surface area contributed by atoms with Gasteiger partial charge in [-0.25, -0.2) is 0 Å². The molecule has 19 heavy (non-hydrogen) atoms. The molecular formula is C18H32B-. The van der Waals surface area contributed by atoms with Crippen molar-refractivity contribution in [1.82, 2.24) is 0 Å². The van der Waals surface area contributed by atoms with Gasteiger partial charge in [0.1, 0.15) is 0 Å². The maximum Gasteiger partial charge on any atom is -0.00628 e. The van der Waals surface area contributed by atoms with Gasteiger partial charge in [-0.15, -0.1) is 0 Å². The van der Waals surface area contributed by atoms with Crippen molar-refractivity contribution in [1.29, 1.82) is 0 Å². The Balaban J connectivity index is 1.57. The Morgan fingerprint density at radius 2 is 1.47 bits per heavy atom. The van der Waals surface area contributed by atoms with Crippen molar-refractivity contribution < 1.29 is 0 Å². The highest BCUT2D eigenvalue weighted by molar-refractivity contribution is 6.64. The first kappa shape index (κ1) is 12.8. The number of hydrogen-bond donors (Lipinski definition) is 0. The molecule has 4 bridgehead atoms. The van der Waals surface area contributed by atoms with Crippen molar-refractivity contribution in [3.63, 3.8) is 0 Å². The third-order valence-corrected chi connectivity index (χ3v) is 8.90. The van der Waals surface area contributed by atoms with Gasteiger partial charge in [-0.3, -0.25) is 0 Å². The van der Waals surface area contributed by atoms with Crippen molar-refractivity contribution in [2.24, 2.45) is 23.2 Å². The van der Waals surface area contributed by atoms with Crippen molar-refractivity contribution in [3.8, 4) is 0 Å². The highest BCUT2D eigenvalue weighted by Crippen LogP contribution is 2.67. The van der Waals surface area contributed by atoms with Crippen LogP contribution in [0.4, 0.5) is 0 Å². The van der Waals surface area contributed by atoms with Gasteiger partial charge in [0.25, 0.3) is 0 Å². The van der Waals surface area contributed by atoms with E-state index in [0.29, 0.717) is 5.41 Å². The highest BCUT2D eigenvalue weighted by atomic mass is 14.6. The smallest absolute Gasteiger partial charge is 0.00628 e. The van der Waals surface area contributed by atoms with Crippen LogP contribution in [0.15, 0.2) is 0 Å². The van der Waals surface area contributed by atoms with Crippen LogP contribution >= 0.6 is 0 Å². The van der Waals surface area contributed by atoms with E-state index >= 15 is 0 Å². The standard InChI is InChI=1S/C18H32B/c1-12-16-10-13(18(16,2)3)11-17(12)19-14-6-4-7-15(19)9-5-8-14/h12-17,19H,4-11H2,1-3H3/q-1/t12-,13?,14?,15?,16?,17-,19?/m1/s1. The molecular weight excluding hydrogens is 227 g/mol. The molecule has 4 atom stereocenters. The molecule has 0 aromatic rings. The quantitative estimate of drug-likeness (QED) is 0.553. The summed E-state index contributed by atoms with van der Waals surface area (Å²) in [7, 11) is 0. The lowest BCUT2D eigenvalue weighted by Gasteiger charge is -2.67. The van der Waals surface area contributed by atoms with Crippen LogP contribution in [0.25, 0.3) is 0 Å². The number of rotatable bonds is 1. The van der Waals surface area contributed by atoms with E-state index in [4.69, 9.17) is 0 Å². The average molecular weight is 259 g/mol. The third kappa shape index (κ3) is 1.72. The van der Waals surface area contributed by atoms with E-state index in [0.717, 1.165) is 17.8 Å². The maximum atomic E-state index is 2.64. The van der Waals surface area contributed by atoms with E-state index in [9.17, 15) is 0 Å². The first-order chi connectivity index (χ1) is 9.09. The van der Waals surface area contributed by atoms with Gasteiger partial charge >= 0.3 is 0 Å². The zero-order valence-electron chi connectivity index (χ0n) is 13.3. The molecule has 5 aliphatic rings. The molecule has 0 radical (unpaired) electrons. The van der Waals surface area contributed by atoms with Gasteiger partial charge in [-0.05, 0) is 30.4 Å². The van der Waals surface area contributed by atoms with Gasteiger partial charge in [0.15, 0.2) is 0 Å². The predicted molar refractivity (Wildman–Crippen MR) is 85.3 cm³/mol. The molecule has 2 saturated heterocycles. The monoisotopic (exact) mass is 259 g/mol. The van der Waals surface area contributed by atoms with Crippen LogP contribution in [0.3, 0.4) is 0 Å². The summed E-state index contributed by atoms with van der Waals surface area (Å²) in [5.41, 5.74) is 0.694. The lowest BCUT2D eigenvalue weighted by atomic mass is 9.18. The van der Waals surface area contributed by atoms with Crippen LogP contribution in [0.5, 0.6) is 0 Å². The molecule has 1 heteroatoms. The molecule has 2 unspecified atom stereocenters. The molecule has 0 aromatic carbocycles. The Morgan fingerprint density at radius 1 is 0.895 bits per heavy atom. The van der Waals surface area contributed by atoms with Crippen LogP contribution in [-0.4, -0.2) is 6.71 Å². The van der Waals surface area contributed by atoms with Gasteiger partial charge in [-0.2, -0.15) is 17.5 Å². The summed E-state index contributed by atoms with van der Waals surface area (Å²) in [6, 6.07) is 0. The Labute approximate surface area is 120 Å². The van der Waals surface area contributed by atoms with Crippen molar-refractivity contribution in [2.75, 3.05) is 0 Å². The lowest BCUT2D eigenvalue weighted by Crippen LogP contribution is -2.57. The topological polar surface area (TPSA) is 0 Å². The van der Waals surface area contributed by atoms with Crippen molar-refractivity contribution in [2.45, 2.75) is 89.6 Å². The summed E-state index contributed by atoms with van der Waals surface area (Å²) in [5, 5.41) is 0. The molecule has 0 N–H and O–H groups in total. The zero-order chi connectivity index (χ0) is 13.2. The summed E-state index contributed by atoms with van der Waals surface area (Å²) in [4.78, 5) is 0. The van der Waals surface area contributed by atoms with E-state index in [1.54, 1.807) is 51.4 Å². The van der Waals surface area contributed by atoms with E-state index in [1.807, 2.05) is 0 Å². The predicted octanol–water partition coefficient (Wildman–Crippen LogP) is 5.39. The Morgan fingerprint density at radius 3 is 1.95 bits per heavy atom. The van der Waals surface area contributed by atoms with Gasteiger partial charge in [0.05, 0.1) is 0 Å². The van der Waals surface area contributed by atoms with Crippen molar-refractivity contribution >= 4 is 6.71 Å². The second kappa shape index (κ2) is 4.28. The molecule has 3 aliphatic carbocycles. The van der Waals surface area contributed by atoms with E-state index < -0.39 is 0 Å². The molecule has 5 fully saturated rings. The Bertz CT molecular complexity index is 339. The molecule has 3 saturated carbocycles. The Kier molecular flexibility index (Phi) is 2.88. The van der Waals surface area contributed by atoms with Crippen LogP contribution < -0.4 is 0 Å². The summed E-state index contributed by atoms with van der Waals surface area (Å²) in [6.07, 6.45) is 12.8. The summed E-state index contributed by atoms with van der Waals surface area (Å²) in [5.74, 6) is 6.83. The fourth-order valence-electron chi connectivity index (χ4n) is 7.83. The zero-order valence-corrected chi connectivity index (χ0v) is 13.3. The summed E-state index contributed by atoms with van der Waals surface area (Å²) in [6.45, 7) is 7.96. The fourth-order valence-corrected chi connectivity index (χ4v) is 7.83. The second-order valence-corrected chi connectivity index (χ2v) is 9.52. The van der Waals surface area contributed by atoms with Gasteiger partial charge < -0.3 is 0 Å². The molecule has 2 heterocycles. The first-order valence-electron chi connectivity index (χ1n) is 9.31. The van der Waals surface area contributed by atoms with Crippen LogP contribution in [0, 0.1) is 23.2 Å². The molecule has 0 nitrogen and oxygen atoms in total. The SMILES string of the molecule is C[C@@H]1C2CC(C[C@H]1[BH-]1C3CCCC1CCC3)C2(C)C. The largest absolute Gasteiger partial charge is 0.169 e. The number of fused-ring (bicyclic) bond motifs is 5. The molecule has 0 amide bonds. The molecule has 108 valence electrons. The normalized spacial score (nSPS) is 55.4. The molecule has 5 rings (SSSR count). The molecule has 0 spiro atoms.